The number of benzene rings is 2. The quantitative estimate of drug-likeness (QED) is 0.444. The van der Waals surface area contributed by atoms with Crippen LogP contribution in [0.1, 0.15) is 29.5 Å². The van der Waals surface area contributed by atoms with Gasteiger partial charge in [0.1, 0.15) is 30.4 Å². The second-order valence-corrected chi connectivity index (χ2v) is 10.1. The van der Waals surface area contributed by atoms with Gasteiger partial charge in [0.25, 0.3) is 5.82 Å². The lowest BCUT2D eigenvalue weighted by Crippen LogP contribution is -2.51. The van der Waals surface area contributed by atoms with Gasteiger partial charge in [0, 0.05) is 16.8 Å². The van der Waals surface area contributed by atoms with E-state index in [9.17, 15) is 5.26 Å². The average molecular weight is 524 g/mol. The number of halogens is 2. The number of piperazine rings is 1. The first-order valence-electron chi connectivity index (χ1n) is 11.9. The molecule has 0 atom stereocenters. The van der Waals surface area contributed by atoms with Gasteiger partial charge < -0.3 is 10.2 Å². The highest BCUT2D eigenvalue weighted by Gasteiger charge is 2.32. The maximum Gasteiger partial charge on any atom is 0.293 e. The minimum Gasteiger partial charge on any atom is -0.341 e. The summed E-state index contributed by atoms with van der Waals surface area (Å²) in [5.74, 6) is 0.926. The number of hydrogen-bond donors (Lipinski definition) is 1. The van der Waals surface area contributed by atoms with Crippen molar-refractivity contribution >= 4 is 52.0 Å². The van der Waals surface area contributed by atoms with Crippen LogP contribution in [0, 0.1) is 11.3 Å². The van der Waals surface area contributed by atoms with Crippen LogP contribution >= 0.6 is 35.4 Å². The van der Waals surface area contributed by atoms with Crippen LogP contribution in [0.2, 0.25) is 10.0 Å². The van der Waals surface area contributed by atoms with E-state index in [1.807, 2.05) is 12.1 Å². The van der Waals surface area contributed by atoms with E-state index in [2.05, 4.69) is 50.4 Å². The molecule has 2 N–H and O–H groups in total. The maximum atomic E-state index is 10.2. The summed E-state index contributed by atoms with van der Waals surface area (Å²) < 4.78 is 0. The molecule has 0 saturated carbocycles. The van der Waals surface area contributed by atoms with Crippen molar-refractivity contribution in [2.45, 2.75) is 25.7 Å². The van der Waals surface area contributed by atoms with Crippen LogP contribution in [0.3, 0.4) is 0 Å². The van der Waals surface area contributed by atoms with E-state index in [4.69, 9.17) is 35.4 Å². The molecule has 0 spiro atoms. The van der Waals surface area contributed by atoms with E-state index in [1.165, 1.54) is 16.7 Å². The predicted molar refractivity (Wildman–Crippen MR) is 146 cm³/mol. The Hall–Kier alpha value is -2.85. The van der Waals surface area contributed by atoms with E-state index in [0.717, 1.165) is 74.6 Å². The smallest absolute Gasteiger partial charge is 0.293 e. The van der Waals surface area contributed by atoms with Gasteiger partial charge in [0.05, 0.1) is 23.1 Å². The third-order valence-corrected chi connectivity index (χ3v) is 7.88. The fourth-order valence-corrected chi connectivity index (χ4v) is 5.57. The van der Waals surface area contributed by atoms with E-state index >= 15 is 0 Å². The van der Waals surface area contributed by atoms with Gasteiger partial charge >= 0.3 is 0 Å². The normalized spacial score (nSPS) is 15.3. The van der Waals surface area contributed by atoms with Crippen molar-refractivity contribution in [2.24, 2.45) is 0 Å². The molecule has 1 saturated heterocycles. The first kappa shape index (κ1) is 23.9. The molecule has 0 amide bonds. The highest BCUT2D eigenvalue weighted by Crippen LogP contribution is 2.34. The topological polar surface area (TPSA) is 56.4 Å². The van der Waals surface area contributed by atoms with Crippen molar-refractivity contribution in [1.82, 2.24) is 4.90 Å². The molecule has 1 aliphatic heterocycles. The third-order valence-electron chi connectivity index (χ3n) is 6.78. The molecule has 1 aromatic heterocycles. The summed E-state index contributed by atoms with van der Waals surface area (Å²) >= 11 is 17.8. The molecule has 0 unspecified atom stereocenters. The molecule has 2 heterocycles. The zero-order valence-corrected chi connectivity index (χ0v) is 21.6. The van der Waals surface area contributed by atoms with Crippen molar-refractivity contribution in [3.05, 3.63) is 75.3 Å². The van der Waals surface area contributed by atoms with Crippen molar-refractivity contribution in [3.8, 4) is 17.3 Å². The Balaban J connectivity index is 1.38. The molecule has 35 heavy (non-hydrogen) atoms. The van der Waals surface area contributed by atoms with Gasteiger partial charge in [0.2, 0.25) is 0 Å². The van der Waals surface area contributed by atoms with E-state index < -0.39 is 0 Å². The van der Waals surface area contributed by atoms with Gasteiger partial charge in [0.15, 0.2) is 5.11 Å². The van der Waals surface area contributed by atoms with Crippen LogP contribution in [-0.4, -0.2) is 36.2 Å². The van der Waals surface area contributed by atoms with E-state index in [0.29, 0.717) is 15.2 Å². The van der Waals surface area contributed by atoms with Crippen LogP contribution in [-0.2, 0) is 12.8 Å². The fourth-order valence-electron chi connectivity index (χ4n) is 4.97. The maximum absolute atomic E-state index is 10.2. The molecule has 2 aromatic carbocycles. The summed E-state index contributed by atoms with van der Waals surface area (Å²) in [6.45, 7) is 3.04. The summed E-state index contributed by atoms with van der Waals surface area (Å²) in [4.78, 5) is 8.12. The van der Waals surface area contributed by atoms with Crippen LogP contribution in [0.25, 0.3) is 11.3 Å². The van der Waals surface area contributed by atoms with Crippen LogP contribution in [0.15, 0.2) is 48.5 Å². The molecule has 1 aliphatic carbocycles. The van der Waals surface area contributed by atoms with Gasteiger partial charge in [-0.25, -0.2) is 4.98 Å². The standard InChI is InChI=1S/C27H25Cl2N5S/c28-23-11-10-19(16-24(23)29)31-27(35)34-14-12-33(13-15-34)26-22(17-30)20-8-4-5-9-21(20)25(32-26)18-6-2-1-3-7-18/h1-3,6-7,10-11,16H,4-5,8-9,12-15H2,(H,31,35)/p+1. The van der Waals surface area contributed by atoms with Crippen LogP contribution < -0.4 is 15.2 Å². The number of nitriles is 1. The molecule has 3 aromatic rings. The summed E-state index contributed by atoms with van der Waals surface area (Å²) in [5, 5.41) is 15.1. The third kappa shape index (κ3) is 4.95. The Kier molecular flexibility index (Phi) is 7.10. The van der Waals surface area contributed by atoms with Crippen molar-refractivity contribution < 1.29 is 4.98 Å². The summed E-state index contributed by atoms with van der Waals surface area (Å²) in [6, 6.07) is 18.4. The predicted octanol–water partition coefficient (Wildman–Crippen LogP) is 5.74. The van der Waals surface area contributed by atoms with Crippen LogP contribution in [0.5, 0.6) is 0 Å². The Morgan fingerprint density at radius 2 is 1.66 bits per heavy atom. The number of pyridine rings is 1. The zero-order chi connectivity index (χ0) is 24.4. The number of aromatic amines is 1. The highest BCUT2D eigenvalue weighted by molar-refractivity contribution is 7.80. The minimum atomic E-state index is 0.491. The first-order valence-corrected chi connectivity index (χ1v) is 13.0. The number of H-pyrrole nitrogens is 1. The van der Waals surface area contributed by atoms with E-state index in [1.54, 1.807) is 12.1 Å². The Morgan fingerprint density at radius 1 is 0.943 bits per heavy atom. The molecule has 0 radical (unpaired) electrons. The second-order valence-electron chi connectivity index (χ2n) is 8.90. The lowest BCUT2D eigenvalue weighted by atomic mass is 9.86. The van der Waals surface area contributed by atoms with Gasteiger partial charge in [-0.1, -0.05) is 53.5 Å². The number of fused-ring (bicyclic) bond motifs is 1. The summed E-state index contributed by atoms with van der Waals surface area (Å²) in [5.41, 5.74) is 6.44. The lowest BCUT2D eigenvalue weighted by molar-refractivity contribution is -0.352. The number of nitrogens with zero attached hydrogens (tertiary/aromatic N) is 3. The van der Waals surface area contributed by atoms with E-state index in [-0.39, 0.29) is 0 Å². The zero-order valence-electron chi connectivity index (χ0n) is 19.3. The molecule has 0 bridgehead atoms. The number of aromatic nitrogens is 1. The van der Waals surface area contributed by atoms with Gasteiger partial charge in [-0.2, -0.15) is 5.26 Å². The molecule has 5 rings (SSSR count). The number of nitrogens with one attached hydrogen (secondary N) is 2. The van der Waals surface area contributed by atoms with Gasteiger partial charge in [-0.15, -0.1) is 0 Å². The van der Waals surface area contributed by atoms with Gasteiger partial charge in [-0.05, 0) is 61.7 Å². The first-order chi connectivity index (χ1) is 17.0. The highest BCUT2D eigenvalue weighted by atomic mass is 35.5. The summed E-state index contributed by atoms with van der Waals surface area (Å²) in [6.07, 6.45) is 4.25. The van der Waals surface area contributed by atoms with Crippen molar-refractivity contribution in [2.75, 3.05) is 36.4 Å². The van der Waals surface area contributed by atoms with Gasteiger partial charge in [-0.3, -0.25) is 4.90 Å². The van der Waals surface area contributed by atoms with Crippen molar-refractivity contribution in [1.29, 1.82) is 5.26 Å². The molecule has 2 aliphatic rings. The molecule has 8 heteroatoms. The largest absolute Gasteiger partial charge is 0.341 e. The average Bonchev–Trinajstić information content (AvgIpc) is 2.90. The number of anilines is 2. The molecular weight excluding hydrogens is 497 g/mol. The molecule has 178 valence electrons. The number of rotatable bonds is 3. The summed E-state index contributed by atoms with van der Waals surface area (Å²) in [7, 11) is 0. The number of hydrogen-bond acceptors (Lipinski definition) is 3. The fraction of sp³-hybridized carbons (Fsp3) is 0.296. The lowest BCUT2D eigenvalue weighted by Gasteiger charge is -2.33. The second kappa shape index (κ2) is 10.4. The monoisotopic (exact) mass is 522 g/mol. The van der Waals surface area contributed by atoms with Crippen LogP contribution in [0.4, 0.5) is 11.5 Å². The Labute approximate surface area is 221 Å². The minimum absolute atomic E-state index is 0.491. The SMILES string of the molecule is N#Cc1c(N2CCN(C(=S)Nc3ccc(Cl)c(Cl)c3)CC2)[nH+]c(-c2ccccc2)c2c1CCCC2. The Bertz CT molecular complexity index is 1300. The molecule has 5 nitrogen and oxygen atoms in total. The molecule has 1 fully saturated rings. The Morgan fingerprint density at radius 3 is 2.34 bits per heavy atom. The number of thiocarbonyl (C=S) groups is 1. The molecular formula is C27H26Cl2N5S+. The van der Waals surface area contributed by atoms with Crippen molar-refractivity contribution in [3.63, 3.8) is 0 Å².